The normalized spacial score (nSPS) is 15.0. The van der Waals surface area contributed by atoms with Gasteiger partial charge in [0.05, 0.1) is 7.11 Å². The van der Waals surface area contributed by atoms with E-state index in [0.717, 1.165) is 16.9 Å². The van der Waals surface area contributed by atoms with Crippen LogP contribution in [0.25, 0.3) is 6.08 Å². The van der Waals surface area contributed by atoms with Crippen LogP contribution in [0.2, 0.25) is 0 Å². The molecule has 29 heavy (non-hydrogen) atoms. The predicted octanol–water partition coefficient (Wildman–Crippen LogP) is 2.92. The lowest BCUT2D eigenvalue weighted by molar-refractivity contribution is -0.113. The van der Waals surface area contributed by atoms with Gasteiger partial charge in [-0.25, -0.2) is 14.9 Å². The summed E-state index contributed by atoms with van der Waals surface area (Å²) in [7, 11) is 1.60. The molecule has 7 nitrogen and oxygen atoms in total. The third-order valence-corrected chi connectivity index (χ3v) is 4.38. The number of H-pyrrole nitrogens is 1. The van der Waals surface area contributed by atoms with Gasteiger partial charge in [-0.1, -0.05) is 42.5 Å². The molecule has 0 fully saturated rings. The van der Waals surface area contributed by atoms with Crippen molar-refractivity contribution >= 4 is 23.8 Å². The van der Waals surface area contributed by atoms with E-state index >= 15 is 0 Å². The minimum Gasteiger partial charge on any atom is -0.497 e. The van der Waals surface area contributed by atoms with E-state index in [4.69, 9.17) is 4.74 Å². The molecule has 144 valence electrons. The van der Waals surface area contributed by atoms with Gasteiger partial charge in [0.25, 0.3) is 11.5 Å². The lowest BCUT2D eigenvalue weighted by Crippen LogP contribution is -2.35. The first-order valence-electron chi connectivity index (χ1n) is 8.97. The average molecular weight is 386 g/mol. The molecule has 3 aromatic rings. The number of hydrogen-bond donors (Lipinski definition) is 1. The molecule has 2 aromatic carbocycles. The van der Waals surface area contributed by atoms with E-state index < -0.39 is 0 Å². The Kier molecular flexibility index (Phi) is 4.78. The molecule has 1 aliphatic rings. The van der Waals surface area contributed by atoms with Gasteiger partial charge in [-0.3, -0.25) is 14.6 Å². The highest BCUT2D eigenvalue weighted by molar-refractivity contribution is 6.32. The number of anilines is 1. The van der Waals surface area contributed by atoms with Crippen molar-refractivity contribution in [1.82, 2.24) is 9.97 Å². The van der Waals surface area contributed by atoms with Gasteiger partial charge in [0, 0.05) is 17.3 Å². The molecule has 1 aromatic heterocycles. The fourth-order valence-corrected chi connectivity index (χ4v) is 3.02. The number of nitrogens with zero attached hydrogens (tertiary/aromatic N) is 3. The van der Waals surface area contributed by atoms with Crippen molar-refractivity contribution in [2.24, 2.45) is 4.99 Å². The van der Waals surface area contributed by atoms with Gasteiger partial charge in [0.15, 0.2) is 5.84 Å². The quantitative estimate of drug-likeness (QED) is 0.699. The number of carbonyl (C=O) groups excluding carboxylic acids is 1. The zero-order valence-electron chi connectivity index (χ0n) is 15.9. The van der Waals surface area contributed by atoms with E-state index in [0.29, 0.717) is 11.5 Å². The molecular weight excluding hydrogens is 368 g/mol. The predicted molar refractivity (Wildman–Crippen MR) is 111 cm³/mol. The monoisotopic (exact) mass is 386 g/mol. The number of ether oxygens (including phenoxy) is 1. The topological polar surface area (TPSA) is 87.7 Å². The SMILES string of the molecule is COc1ccc(/C=C2/N=C(c3ccccc3)N(c3nc(C)cc(=O)[nH]3)C2=O)cc1. The standard InChI is InChI=1S/C22H18N4O3/c1-14-12-19(27)25-22(23-14)26-20(16-6-4-3-5-7-16)24-18(21(26)28)13-15-8-10-17(29-2)11-9-15/h3-13H,1-2H3,(H,23,25,27)/b18-13+. The number of aromatic nitrogens is 2. The summed E-state index contributed by atoms with van der Waals surface area (Å²) in [6.07, 6.45) is 1.69. The molecule has 0 spiro atoms. The van der Waals surface area contributed by atoms with E-state index in [1.807, 2.05) is 54.6 Å². The summed E-state index contributed by atoms with van der Waals surface area (Å²) in [5, 5.41) is 0. The van der Waals surface area contributed by atoms with Crippen LogP contribution in [0, 0.1) is 6.92 Å². The number of benzene rings is 2. The zero-order valence-corrected chi connectivity index (χ0v) is 15.9. The molecule has 0 radical (unpaired) electrons. The smallest absolute Gasteiger partial charge is 0.285 e. The van der Waals surface area contributed by atoms with Crippen molar-refractivity contribution in [3.8, 4) is 5.75 Å². The van der Waals surface area contributed by atoms with Crippen LogP contribution in [0.15, 0.2) is 76.1 Å². The van der Waals surface area contributed by atoms with Crippen molar-refractivity contribution in [3.63, 3.8) is 0 Å². The van der Waals surface area contributed by atoms with Crippen molar-refractivity contribution in [3.05, 3.63) is 93.5 Å². The van der Waals surface area contributed by atoms with Crippen LogP contribution in [0.3, 0.4) is 0 Å². The zero-order chi connectivity index (χ0) is 20.4. The first-order chi connectivity index (χ1) is 14.0. The van der Waals surface area contributed by atoms with Crippen LogP contribution < -0.4 is 15.2 Å². The molecule has 1 amide bonds. The number of aromatic amines is 1. The Labute approximate surface area is 167 Å². The molecule has 0 bridgehead atoms. The summed E-state index contributed by atoms with van der Waals surface area (Å²) in [5.41, 5.74) is 1.97. The molecule has 7 heteroatoms. The number of methoxy groups -OCH3 is 1. The Bertz CT molecular complexity index is 1180. The van der Waals surface area contributed by atoms with Crippen molar-refractivity contribution in [2.75, 3.05) is 12.0 Å². The number of amides is 1. The average Bonchev–Trinajstić information content (AvgIpc) is 3.05. The summed E-state index contributed by atoms with van der Waals surface area (Å²) in [6.45, 7) is 1.70. The number of aliphatic imine (C=N–C) groups is 1. The second kappa shape index (κ2) is 7.55. The highest BCUT2D eigenvalue weighted by Gasteiger charge is 2.34. The largest absolute Gasteiger partial charge is 0.497 e. The first-order valence-corrected chi connectivity index (χ1v) is 8.97. The summed E-state index contributed by atoms with van der Waals surface area (Å²) < 4.78 is 5.17. The van der Waals surface area contributed by atoms with Crippen LogP contribution in [-0.4, -0.2) is 28.8 Å². The highest BCUT2D eigenvalue weighted by atomic mass is 16.5. The number of rotatable bonds is 4. The van der Waals surface area contributed by atoms with Gasteiger partial charge < -0.3 is 4.74 Å². The van der Waals surface area contributed by atoms with E-state index in [-0.39, 0.29) is 23.1 Å². The Hall–Kier alpha value is -4.00. The maximum Gasteiger partial charge on any atom is 0.285 e. The third-order valence-electron chi connectivity index (χ3n) is 4.38. The Balaban J connectivity index is 1.82. The Morgan fingerprint density at radius 2 is 1.76 bits per heavy atom. The Morgan fingerprint density at radius 3 is 2.41 bits per heavy atom. The molecular formula is C22H18N4O3. The van der Waals surface area contributed by atoms with Gasteiger partial charge in [0.1, 0.15) is 11.4 Å². The summed E-state index contributed by atoms with van der Waals surface area (Å²) in [5.74, 6) is 0.903. The summed E-state index contributed by atoms with van der Waals surface area (Å²) in [4.78, 5) is 38.0. The minimum absolute atomic E-state index is 0.140. The van der Waals surface area contributed by atoms with Crippen LogP contribution in [0.1, 0.15) is 16.8 Å². The molecule has 0 unspecified atom stereocenters. The van der Waals surface area contributed by atoms with Gasteiger partial charge in [-0.05, 0) is 30.7 Å². The van der Waals surface area contributed by atoms with E-state index in [2.05, 4.69) is 15.0 Å². The second-order valence-corrected chi connectivity index (χ2v) is 6.46. The second-order valence-electron chi connectivity index (χ2n) is 6.46. The fraction of sp³-hybridized carbons (Fsp3) is 0.0909. The Morgan fingerprint density at radius 1 is 1.03 bits per heavy atom. The van der Waals surface area contributed by atoms with E-state index in [1.54, 1.807) is 20.1 Å². The number of aryl methyl sites for hydroxylation is 1. The van der Waals surface area contributed by atoms with Crippen LogP contribution in [0.4, 0.5) is 5.95 Å². The summed E-state index contributed by atoms with van der Waals surface area (Å²) >= 11 is 0. The third kappa shape index (κ3) is 3.70. The molecule has 0 saturated carbocycles. The molecule has 0 atom stereocenters. The summed E-state index contributed by atoms with van der Waals surface area (Å²) in [6, 6.07) is 18.0. The minimum atomic E-state index is -0.367. The maximum atomic E-state index is 13.2. The van der Waals surface area contributed by atoms with E-state index in [1.165, 1.54) is 11.0 Å². The molecule has 0 saturated heterocycles. The fourth-order valence-electron chi connectivity index (χ4n) is 3.02. The van der Waals surface area contributed by atoms with Crippen molar-refractivity contribution < 1.29 is 9.53 Å². The number of carbonyl (C=O) groups is 1. The lowest BCUT2D eigenvalue weighted by Gasteiger charge is -2.17. The van der Waals surface area contributed by atoms with Gasteiger partial charge >= 0.3 is 0 Å². The van der Waals surface area contributed by atoms with Crippen molar-refractivity contribution in [1.29, 1.82) is 0 Å². The van der Waals surface area contributed by atoms with Gasteiger partial charge in [0.2, 0.25) is 5.95 Å². The van der Waals surface area contributed by atoms with Gasteiger partial charge in [-0.15, -0.1) is 0 Å². The molecule has 0 aliphatic carbocycles. The highest BCUT2D eigenvalue weighted by Crippen LogP contribution is 2.25. The molecule has 4 rings (SSSR count). The molecule has 1 aliphatic heterocycles. The molecule has 1 N–H and O–H groups in total. The van der Waals surface area contributed by atoms with E-state index in [9.17, 15) is 9.59 Å². The number of nitrogens with one attached hydrogen (secondary N) is 1. The maximum absolute atomic E-state index is 13.2. The number of amidine groups is 1. The van der Waals surface area contributed by atoms with Crippen molar-refractivity contribution in [2.45, 2.75) is 6.92 Å². The van der Waals surface area contributed by atoms with Gasteiger partial charge in [-0.2, -0.15) is 0 Å². The van der Waals surface area contributed by atoms with Crippen LogP contribution in [0.5, 0.6) is 5.75 Å². The first kappa shape index (κ1) is 18.4. The lowest BCUT2D eigenvalue weighted by atomic mass is 10.2. The molecule has 2 heterocycles. The number of hydrogen-bond acceptors (Lipinski definition) is 5. The van der Waals surface area contributed by atoms with Crippen LogP contribution >= 0.6 is 0 Å². The van der Waals surface area contributed by atoms with Crippen LogP contribution in [-0.2, 0) is 4.79 Å².